The predicted octanol–water partition coefficient (Wildman–Crippen LogP) is 3.60. The summed E-state index contributed by atoms with van der Waals surface area (Å²) in [7, 11) is 0. The van der Waals surface area contributed by atoms with Crippen LogP contribution >= 0.6 is 11.8 Å². The normalized spacial score (nSPS) is 10.6. The fourth-order valence-electron chi connectivity index (χ4n) is 2.83. The van der Waals surface area contributed by atoms with Gasteiger partial charge in [0.15, 0.2) is 5.16 Å². The molecule has 0 saturated heterocycles. The van der Waals surface area contributed by atoms with Crippen LogP contribution in [0.15, 0.2) is 60.0 Å². The molecule has 0 saturated carbocycles. The van der Waals surface area contributed by atoms with E-state index in [-0.39, 0.29) is 17.6 Å². The first kappa shape index (κ1) is 20.7. The Bertz CT molecular complexity index is 1010. The molecule has 0 aliphatic carbocycles. The molecule has 29 heavy (non-hydrogen) atoms. The Morgan fingerprint density at radius 1 is 1.07 bits per heavy atom. The zero-order valence-electron chi connectivity index (χ0n) is 16.7. The lowest BCUT2D eigenvalue weighted by molar-refractivity contribution is -0.119. The average molecular weight is 409 g/mol. The highest BCUT2D eigenvalue weighted by atomic mass is 32.2. The molecule has 0 fully saturated rings. The minimum Gasteiger partial charge on any atom is -0.295 e. The number of hydrazine groups is 1. The summed E-state index contributed by atoms with van der Waals surface area (Å²) in [4.78, 5) is 28.7. The van der Waals surface area contributed by atoms with Crippen LogP contribution in [0, 0.1) is 13.8 Å². The van der Waals surface area contributed by atoms with Crippen molar-refractivity contribution in [2.75, 3.05) is 5.75 Å². The van der Waals surface area contributed by atoms with Crippen molar-refractivity contribution >= 4 is 23.6 Å². The second kappa shape index (κ2) is 9.43. The van der Waals surface area contributed by atoms with Crippen molar-refractivity contribution in [2.45, 2.75) is 32.3 Å². The van der Waals surface area contributed by atoms with Crippen molar-refractivity contribution in [3.05, 3.63) is 77.1 Å². The molecular formula is C22H24N4O2S. The number of carbonyl (C=O) groups excluding carboxylic acids is 2. The number of rotatable bonds is 6. The van der Waals surface area contributed by atoms with Crippen molar-refractivity contribution < 1.29 is 9.59 Å². The van der Waals surface area contributed by atoms with Gasteiger partial charge in [0.2, 0.25) is 5.91 Å². The van der Waals surface area contributed by atoms with E-state index < -0.39 is 0 Å². The summed E-state index contributed by atoms with van der Waals surface area (Å²) in [5, 5.41) is 0.718. The molecule has 6 nitrogen and oxygen atoms in total. The van der Waals surface area contributed by atoms with E-state index >= 15 is 0 Å². The first-order valence-corrected chi connectivity index (χ1v) is 10.4. The molecule has 0 bridgehead atoms. The summed E-state index contributed by atoms with van der Waals surface area (Å²) in [6.45, 7) is 6.18. The first-order chi connectivity index (χ1) is 14.0. The van der Waals surface area contributed by atoms with Gasteiger partial charge in [0.05, 0.1) is 11.4 Å². The highest BCUT2D eigenvalue weighted by Gasteiger charge is 2.12. The summed E-state index contributed by atoms with van der Waals surface area (Å²) in [6.07, 6.45) is 4.50. The second-order valence-corrected chi connectivity index (χ2v) is 7.58. The van der Waals surface area contributed by atoms with E-state index in [2.05, 4.69) is 42.7 Å². The van der Waals surface area contributed by atoms with Gasteiger partial charge in [-0.25, -0.2) is 4.98 Å². The molecule has 0 atom stereocenters. The van der Waals surface area contributed by atoms with Gasteiger partial charge < -0.3 is 0 Å². The topological polar surface area (TPSA) is 76.0 Å². The van der Waals surface area contributed by atoms with Crippen LogP contribution in [0.1, 0.15) is 34.0 Å². The van der Waals surface area contributed by atoms with Crippen LogP contribution in [-0.4, -0.2) is 27.1 Å². The Morgan fingerprint density at radius 2 is 1.83 bits per heavy atom. The molecule has 0 aliphatic rings. The Morgan fingerprint density at radius 3 is 2.55 bits per heavy atom. The van der Waals surface area contributed by atoms with E-state index in [1.165, 1.54) is 17.3 Å². The summed E-state index contributed by atoms with van der Waals surface area (Å²) in [5.41, 5.74) is 9.96. The smallest absolute Gasteiger partial charge is 0.269 e. The van der Waals surface area contributed by atoms with E-state index in [1.54, 1.807) is 18.3 Å². The number of nitrogens with one attached hydrogen (secondary N) is 2. The van der Waals surface area contributed by atoms with Crippen molar-refractivity contribution in [3.63, 3.8) is 0 Å². The summed E-state index contributed by atoms with van der Waals surface area (Å²) in [5.74, 6) is -0.511. The number of amides is 2. The van der Waals surface area contributed by atoms with Crippen LogP contribution in [-0.2, 0) is 11.2 Å². The van der Waals surface area contributed by atoms with Gasteiger partial charge in [-0.2, -0.15) is 0 Å². The molecule has 0 radical (unpaired) electrons. The maximum absolute atomic E-state index is 12.2. The number of nitrogens with zero attached hydrogens (tertiary/aromatic N) is 2. The molecule has 0 spiro atoms. The SMILES string of the molecule is CCc1ccc(C(=O)NNC(=O)CSc2nccn2-c2cccc(C)c2C)cc1. The van der Waals surface area contributed by atoms with Crippen molar-refractivity contribution in [1.82, 2.24) is 20.4 Å². The molecule has 0 unspecified atom stereocenters. The standard InChI is InChI=1S/C22H24N4O2S/c1-4-17-8-10-18(11-9-17)21(28)25-24-20(27)14-29-22-23-12-13-26(22)19-7-5-6-15(2)16(19)3/h5-13H,4,14H2,1-3H3,(H,24,27)(H,25,28). The third-order valence-electron chi connectivity index (χ3n) is 4.71. The molecule has 3 rings (SSSR count). The van der Waals surface area contributed by atoms with Crippen molar-refractivity contribution in [1.29, 1.82) is 0 Å². The lowest BCUT2D eigenvalue weighted by Gasteiger charge is -2.12. The second-order valence-electron chi connectivity index (χ2n) is 6.64. The van der Waals surface area contributed by atoms with E-state index in [1.807, 2.05) is 35.0 Å². The molecular weight excluding hydrogens is 384 g/mol. The highest BCUT2D eigenvalue weighted by Crippen LogP contribution is 2.24. The molecule has 2 aromatic carbocycles. The Labute approximate surface area is 174 Å². The highest BCUT2D eigenvalue weighted by molar-refractivity contribution is 7.99. The molecule has 7 heteroatoms. The zero-order chi connectivity index (χ0) is 20.8. The van der Waals surface area contributed by atoms with E-state index in [0.717, 1.165) is 28.4 Å². The molecule has 150 valence electrons. The minimum atomic E-state index is -0.345. The molecule has 3 aromatic rings. The van der Waals surface area contributed by atoms with E-state index in [9.17, 15) is 9.59 Å². The number of hydrogen-bond acceptors (Lipinski definition) is 4. The van der Waals surface area contributed by atoms with Crippen LogP contribution in [0.5, 0.6) is 0 Å². The third kappa shape index (κ3) is 5.06. The van der Waals surface area contributed by atoms with Gasteiger partial charge in [-0.05, 0) is 55.2 Å². The summed E-state index contributed by atoms with van der Waals surface area (Å²) >= 11 is 1.31. The van der Waals surface area contributed by atoms with Gasteiger partial charge in [-0.1, -0.05) is 43.0 Å². The van der Waals surface area contributed by atoms with Crippen LogP contribution in [0.2, 0.25) is 0 Å². The average Bonchev–Trinajstić information content (AvgIpc) is 3.21. The molecule has 0 aliphatic heterocycles. The molecule has 2 N–H and O–H groups in total. The van der Waals surface area contributed by atoms with Gasteiger partial charge in [-0.15, -0.1) is 0 Å². The Balaban J connectivity index is 1.56. The number of aromatic nitrogens is 2. The van der Waals surface area contributed by atoms with Crippen LogP contribution in [0.25, 0.3) is 5.69 Å². The predicted molar refractivity (Wildman–Crippen MR) is 115 cm³/mol. The third-order valence-corrected chi connectivity index (χ3v) is 5.68. The number of imidazole rings is 1. The molecule has 1 aromatic heterocycles. The fraction of sp³-hybridized carbons (Fsp3) is 0.227. The maximum Gasteiger partial charge on any atom is 0.269 e. The number of aryl methyl sites for hydroxylation is 2. The quantitative estimate of drug-likeness (QED) is 0.483. The lowest BCUT2D eigenvalue weighted by atomic mass is 10.1. The molecule has 2 amide bonds. The maximum atomic E-state index is 12.2. The lowest BCUT2D eigenvalue weighted by Crippen LogP contribution is -2.42. The Kier molecular flexibility index (Phi) is 6.72. The molecule has 1 heterocycles. The van der Waals surface area contributed by atoms with Gasteiger partial charge in [-0.3, -0.25) is 25.0 Å². The van der Waals surface area contributed by atoms with Gasteiger partial charge in [0.1, 0.15) is 0 Å². The van der Waals surface area contributed by atoms with Gasteiger partial charge in [0, 0.05) is 18.0 Å². The monoisotopic (exact) mass is 408 g/mol. The largest absolute Gasteiger partial charge is 0.295 e. The minimum absolute atomic E-state index is 0.136. The summed E-state index contributed by atoms with van der Waals surface area (Å²) in [6, 6.07) is 13.4. The fourth-order valence-corrected chi connectivity index (χ4v) is 3.60. The van der Waals surface area contributed by atoms with Gasteiger partial charge >= 0.3 is 0 Å². The zero-order valence-corrected chi connectivity index (χ0v) is 17.5. The van der Waals surface area contributed by atoms with Crippen LogP contribution in [0.4, 0.5) is 0 Å². The number of carbonyl (C=O) groups is 2. The van der Waals surface area contributed by atoms with Crippen LogP contribution < -0.4 is 10.9 Å². The van der Waals surface area contributed by atoms with Crippen molar-refractivity contribution in [3.8, 4) is 5.69 Å². The summed E-state index contributed by atoms with van der Waals surface area (Å²) < 4.78 is 1.97. The van der Waals surface area contributed by atoms with Gasteiger partial charge in [0.25, 0.3) is 5.91 Å². The van der Waals surface area contributed by atoms with Crippen LogP contribution in [0.3, 0.4) is 0 Å². The van der Waals surface area contributed by atoms with E-state index in [4.69, 9.17) is 0 Å². The van der Waals surface area contributed by atoms with Crippen molar-refractivity contribution in [2.24, 2.45) is 0 Å². The number of hydrogen-bond donors (Lipinski definition) is 2. The van der Waals surface area contributed by atoms with E-state index in [0.29, 0.717) is 5.56 Å². The Hall–Kier alpha value is -3.06. The first-order valence-electron chi connectivity index (χ1n) is 9.40. The number of thioether (sulfide) groups is 1. The number of benzene rings is 2.